The van der Waals surface area contributed by atoms with Crippen molar-refractivity contribution in [1.29, 1.82) is 0 Å². The molecule has 156 valence electrons. The molecule has 1 fully saturated rings. The van der Waals surface area contributed by atoms with E-state index in [9.17, 15) is 0 Å². The van der Waals surface area contributed by atoms with Crippen molar-refractivity contribution in [3.8, 4) is 0 Å². The molecule has 1 rings (SSSR count). The van der Waals surface area contributed by atoms with Crippen LogP contribution in [0.1, 0.15) is 142 Å². The first kappa shape index (κ1) is 24.0. The molecule has 1 nitrogen and oxygen atoms in total. The minimum atomic E-state index is 1.04. The average molecular weight is 366 g/mol. The number of nitrogens with one attached hydrogen (secondary N) is 1. The maximum absolute atomic E-state index is 3.47. The molecule has 0 aromatic heterocycles. The van der Waals surface area contributed by atoms with Crippen LogP contribution in [0, 0.1) is 5.92 Å². The molecular formula is C25H51N. The van der Waals surface area contributed by atoms with Gasteiger partial charge in [0.2, 0.25) is 0 Å². The first-order valence-corrected chi connectivity index (χ1v) is 12.6. The molecule has 0 bridgehead atoms. The number of rotatable bonds is 19. The van der Waals surface area contributed by atoms with Gasteiger partial charge in [-0.3, -0.25) is 0 Å². The highest BCUT2D eigenvalue weighted by molar-refractivity contribution is 4.68. The Kier molecular flexibility index (Phi) is 18.2. The normalized spacial score (nSPS) is 15.6. The molecule has 0 aliphatic carbocycles. The van der Waals surface area contributed by atoms with Gasteiger partial charge in [0, 0.05) is 0 Å². The molecule has 0 spiro atoms. The summed E-state index contributed by atoms with van der Waals surface area (Å²) in [5.41, 5.74) is 0. The topological polar surface area (TPSA) is 12.0 Å². The largest absolute Gasteiger partial charge is 0.317 e. The van der Waals surface area contributed by atoms with Crippen LogP contribution in [-0.4, -0.2) is 13.1 Å². The van der Waals surface area contributed by atoms with Crippen LogP contribution in [-0.2, 0) is 0 Å². The molecule has 0 saturated carbocycles. The molecule has 0 aromatic carbocycles. The highest BCUT2D eigenvalue weighted by atomic mass is 14.9. The first-order chi connectivity index (χ1) is 12.9. The van der Waals surface area contributed by atoms with Crippen LogP contribution in [0.5, 0.6) is 0 Å². The molecule has 0 radical (unpaired) electrons. The predicted molar refractivity (Wildman–Crippen MR) is 119 cm³/mol. The molecule has 1 aliphatic rings. The van der Waals surface area contributed by atoms with Gasteiger partial charge < -0.3 is 5.32 Å². The molecule has 1 heteroatoms. The molecule has 1 heterocycles. The fourth-order valence-electron chi connectivity index (χ4n) is 4.51. The van der Waals surface area contributed by atoms with Crippen LogP contribution in [0.2, 0.25) is 0 Å². The predicted octanol–water partition coefficient (Wildman–Crippen LogP) is 8.42. The standard InChI is InChI=1S/C25H51N/c1-2-3-4-5-6-7-8-9-10-11-12-13-14-15-16-17-18-19-20-25-21-23-26-24-22-25/h25-26H,2-24H2,1H3. The molecule has 0 unspecified atom stereocenters. The second-order valence-corrected chi connectivity index (χ2v) is 8.99. The number of hydrogen-bond acceptors (Lipinski definition) is 1. The summed E-state index contributed by atoms with van der Waals surface area (Å²) in [6.07, 6.45) is 31.0. The van der Waals surface area contributed by atoms with Crippen molar-refractivity contribution in [2.45, 2.75) is 142 Å². The van der Waals surface area contributed by atoms with Crippen molar-refractivity contribution >= 4 is 0 Å². The zero-order valence-electron chi connectivity index (χ0n) is 18.3. The highest BCUT2D eigenvalue weighted by Gasteiger charge is 2.11. The lowest BCUT2D eigenvalue weighted by atomic mass is 9.92. The van der Waals surface area contributed by atoms with E-state index in [-0.39, 0.29) is 0 Å². The van der Waals surface area contributed by atoms with Crippen LogP contribution in [0.25, 0.3) is 0 Å². The Bertz CT molecular complexity index is 257. The minimum absolute atomic E-state index is 1.04. The van der Waals surface area contributed by atoms with Gasteiger partial charge in [0.15, 0.2) is 0 Å². The number of hydrogen-bond donors (Lipinski definition) is 1. The van der Waals surface area contributed by atoms with Gasteiger partial charge in [-0.1, -0.05) is 129 Å². The molecule has 0 amide bonds. The van der Waals surface area contributed by atoms with E-state index in [2.05, 4.69) is 12.2 Å². The third kappa shape index (κ3) is 16.2. The van der Waals surface area contributed by atoms with E-state index in [1.165, 1.54) is 148 Å². The van der Waals surface area contributed by atoms with E-state index in [4.69, 9.17) is 0 Å². The van der Waals surface area contributed by atoms with Gasteiger partial charge in [-0.15, -0.1) is 0 Å². The van der Waals surface area contributed by atoms with Crippen LogP contribution >= 0.6 is 0 Å². The monoisotopic (exact) mass is 365 g/mol. The van der Waals surface area contributed by atoms with E-state index >= 15 is 0 Å². The first-order valence-electron chi connectivity index (χ1n) is 12.6. The van der Waals surface area contributed by atoms with Crippen LogP contribution in [0.15, 0.2) is 0 Å². The zero-order valence-corrected chi connectivity index (χ0v) is 18.3. The van der Waals surface area contributed by atoms with E-state index in [1.807, 2.05) is 0 Å². The summed E-state index contributed by atoms with van der Waals surface area (Å²) in [4.78, 5) is 0. The molecule has 0 atom stereocenters. The van der Waals surface area contributed by atoms with Gasteiger partial charge in [0.25, 0.3) is 0 Å². The van der Waals surface area contributed by atoms with Gasteiger partial charge in [-0.05, 0) is 31.8 Å². The second-order valence-electron chi connectivity index (χ2n) is 8.99. The Balaban J connectivity index is 1.65. The molecule has 1 aliphatic heterocycles. The third-order valence-corrected chi connectivity index (χ3v) is 6.42. The molecule has 26 heavy (non-hydrogen) atoms. The number of unbranched alkanes of at least 4 members (excludes halogenated alkanes) is 17. The van der Waals surface area contributed by atoms with Crippen molar-refractivity contribution < 1.29 is 0 Å². The van der Waals surface area contributed by atoms with Gasteiger partial charge in [0.1, 0.15) is 0 Å². The fraction of sp³-hybridized carbons (Fsp3) is 1.00. The summed E-state index contributed by atoms with van der Waals surface area (Å²) in [7, 11) is 0. The van der Waals surface area contributed by atoms with Crippen molar-refractivity contribution in [2.75, 3.05) is 13.1 Å². The maximum Gasteiger partial charge on any atom is -0.00463 e. The summed E-state index contributed by atoms with van der Waals surface area (Å²) in [6, 6.07) is 0. The SMILES string of the molecule is CCCCCCCCCCCCCCCCCCCCC1CCNCC1. The van der Waals surface area contributed by atoms with Crippen LogP contribution in [0.4, 0.5) is 0 Å². The van der Waals surface area contributed by atoms with E-state index in [1.54, 1.807) is 0 Å². The average Bonchev–Trinajstić information content (AvgIpc) is 2.68. The minimum Gasteiger partial charge on any atom is -0.317 e. The number of piperidine rings is 1. The van der Waals surface area contributed by atoms with Crippen molar-refractivity contribution in [2.24, 2.45) is 5.92 Å². The Morgan fingerprint density at radius 1 is 0.500 bits per heavy atom. The summed E-state index contributed by atoms with van der Waals surface area (Å²) in [5.74, 6) is 1.04. The van der Waals surface area contributed by atoms with Crippen molar-refractivity contribution in [3.05, 3.63) is 0 Å². The lowest BCUT2D eigenvalue weighted by Gasteiger charge is -2.22. The lowest BCUT2D eigenvalue weighted by molar-refractivity contribution is 0.342. The van der Waals surface area contributed by atoms with Crippen LogP contribution in [0.3, 0.4) is 0 Å². The summed E-state index contributed by atoms with van der Waals surface area (Å²) in [5, 5.41) is 3.47. The second kappa shape index (κ2) is 19.7. The molecule has 0 aromatic rings. The molecule has 1 saturated heterocycles. The van der Waals surface area contributed by atoms with Crippen LogP contribution < -0.4 is 5.32 Å². The Morgan fingerprint density at radius 3 is 1.23 bits per heavy atom. The zero-order chi connectivity index (χ0) is 18.5. The smallest absolute Gasteiger partial charge is 0.00463 e. The Morgan fingerprint density at radius 2 is 0.846 bits per heavy atom. The Hall–Kier alpha value is -0.0400. The van der Waals surface area contributed by atoms with Gasteiger partial charge in [-0.2, -0.15) is 0 Å². The summed E-state index contributed by atoms with van der Waals surface area (Å²) < 4.78 is 0. The highest BCUT2D eigenvalue weighted by Crippen LogP contribution is 2.20. The lowest BCUT2D eigenvalue weighted by Crippen LogP contribution is -2.27. The van der Waals surface area contributed by atoms with E-state index in [0.29, 0.717) is 0 Å². The third-order valence-electron chi connectivity index (χ3n) is 6.42. The quantitative estimate of drug-likeness (QED) is 0.226. The Labute approximate surface area is 166 Å². The van der Waals surface area contributed by atoms with Gasteiger partial charge in [-0.25, -0.2) is 0 Å². The van der Waals surface area contributed by atoms with Crippen molar-refractivity contribution in [1.82, 2.24) is 5.32 Å². The van der Waals surface area contributed by atoms with Gasteiger partial charge >= 0.3 is 0 Å². The van der Waals surface area contributed by atoms with E-state index in [0.717, 1.165) is 5.92 Å². The fourth-order valence-corrected chi connectivity index (χ4v) is 4.51. The maximum atomic E-state index is 3.47. The summed E-state index contributed by atoms with van der Waals surface area (Å²) >= 11 is 0. The van der Waals surface area contributed by atoms with E-state index < -0.39 is 0 Å². The summed E-state index contributed by atoms with van der Waals surface area (Å²) in [6.45, 7) is 4.84. The van der Waals surface area contributed by atoms with Crippen molar-refractivity contribution in [3.63, 3.8) is 0 Å². The molecule has 1 N–H and O–H groups in total. The van der Waals surface area contributed by atoms with Gasteiger partial charge in [0.05, 0.1) is 0 Å². The molecular weight excluding hydrogens is 314 g/mol.